The fourth-order valence-corrected chi connectivity index (χ4v) is 2.95. The summed E-state index contributed by atoms with van der Waals surface area (Å²) in [5.41, 5.74) is 4.87. The molecule has 2 aromatic rings. The van der Waals surface area contributed by atoms with Crippen molar-refractivity contribution in [2.24, 2.45) is 0 Å². The van der Waals surface area contributed by atoms with E-state index in [4.69, 9.17) is 0 Å². The Morgan fingerprint density at radius 1 is 0.893 bits per heavy atom. The van der Waals surface area contributed by atoms with Gasteiger partial charge in [0.15, 0.2) is 0 Å². The molecular weight excluding hydrogens is 350 g/mol. The highest BCUT2D eigenvalue weighted by molar-refractivity contribution is 6.00. The van der Waals surface area contributed by atoms with Crippen LogP contribution in [-0.2, 0) is 22.4 Å². The van der Waals surface area contributed by atoms with Crippen molar-refractivity contribution >= 4 is 23.2 Å². The Morgan fingerprint density at radius 2 is 1.54 bits per heavy atom. The second-order valence-electron chi connectivity index (χ2n) is 7.41. The SMILES string of the molecule is CCc1ccc(CCCC(=O)Nc2cc(C)ccc2NC(=O)CN(C)C)cc1. The zero-order valence-electron chi connectivity index (χ0n) is 17.3. The Kier molecular flexibility index (Phi) is 8.20. The molecule has 5 nitrogen and oxygen atoms in total. The van der Waals surface area contributed by atoms with E-state index in [1.54, 1.807) is 4.90 Å². The first-order chi connectivity index (χ1) is 13.4. The van der Waals surface area contributed by atoms with Crippen molar-refractivity contribution in [1.29, 1.82) is 0 Å². The number of carbonyl (C=O) groups is 2. The Hall–Kier alpha value is -2.66. The summed E-state index contributed by atoms with van der Waals surface area (Å²) < 4.78 is 0. The molecule has 28 heavy (non-hydrogen) atoms. The fourth-order valence-electron chi connectivity index (χ4n) is 2.95. The van der Waals surface area contributed by atoms with Gasteiger partial charge in [-0.1, -0.05) is 37.3 Å². The van der Waals surface area contributed by atoms with Gasteiger partial charge in [-0.15, -0.1) is 0 Å². The average Bonchev–Trinajstić information content (AvgIpc) is 2.64. The number of carbonyl (C=O) groups excluding carboxylic acids is 2. The second-order valence-corrected chi connectivity index (χ2v) is 7.41. The van der Waals surface area contributed by atoms with E-state index < -0.39 is 0 Å². The number of hydrogen-bond acceptors (Lipinski definition) is 3. The standard InChI is InChI=1S/C23H31N3O2/c1-5-18-10-12-19(13-11-18)7-6-8-22(27)25-21-15-17(2)9-14-20(21)24-23(28)16-26(3)4/h9-15H,5-8,16H2,1-4H3,(H,24,28)(H,25,27). The Morgan fingerprint density at radius 3 is 2.18 bits per heavy atom. The van der Waals surface area contributed by atoms with Gasteiger partial charge in [-0.3, -0.25) is 9.59 Å². The molecule has 0 bridgehead atoms. The lowest BCUT2D eigenvalue weighted by Gasteiger charge is -2.15. The molecule has 0 saturated heterocycles. The minimum Gasteiger partial charge on any atom is -0.324 e. The maximum atomic E-state index is 12.4. The van der Waals surface area contributed by atoms with Crippen LogP contribution in [0.25, 0.3) is 0 Å². The Labute approximate surface area is 168 Å². The molecule has 0 unspecified atom stereocenters. The third-order valence-electron chi connectivity index (χ3n) is 4.48. The summed E-state index contributed by atoms with van der Waals surface area (Å²) >= 11 is 0. The van der Waals surface area contributed by atoms with Crippen LogP contribution in [0.1, 0.15) is 36.5 Å². The van der Waals surface area contributed by atoms with Crippen LogP contribution in [-0.4, -0.2) is 37.4 Å². The van der Waals surface area contributed by atoms with Crippen LogP contribution in [0.15, 0.2) is 42.5 Å². The molecule has 2 amide bonds. The molecule has 2 rings (SSSR count). The largest absolute Gasteiger partial charge is 0.324 e. The molecule has 150 valence electrons. The van der Waals surface area contributed by atoms with Crippen molar-refractivity contribution < 1.29 is 9.59 Å². The number of anilines is 2. The predicted octanol–water partition coefficient (Wildman–Crippen LogP) is 4.02. The van der Waals surface area contributed by atoms with Gasteiger partial charge >= 0.3 is 0 Å². The van der Waals surface area contributed by atoms with Crippen LogP contribution >= 0.6 is 0 Å². The fraction of sp³-hybridized carbons (Fsp3) is 0.391. The Balaban J connectivity index is 1.91. The molecule has 0 spiro atoms. The summed E-state index contributed by atoms with van der Waals surface area (Å²) in [5.74, 6) is -0.154. The normalized spacial score (nSPS) is 10.8. The molecule has 0 radical (unpaired) electrons. The third kappa shape index (κ3) is 7.16. The zero-order valence-corrected chi connectivity index (χ0v) is 17.3. The van der Waals surface area contributed by atoms with E-state index in [1.165, 1.54) is 11.1 Å². The molecular formula is C23H31N3O2. The highest BCUT2D eigenvalue weighted by atomic mass is 16.2. The quantitative estimate of drug-likeness (QED) is 0.690. The number of aryl methyl sites for hydroxylation is 3. The van der Waals surface area contributed by atoms with Crippen LogP contribution in [0.3, 0.4) is 0 Å². The third-order valence-corrected chi connectivity index (χ3v) is 4.48. The van der Waals surface area contributed by atoms with Gasteiger partial charge in [-0.25, -0.2) is 0 Å². The van der Waals surface area contributed by atoms with Crippen molar-refractivity contribution in [3.8, 4) is 0 Å². The van der Waals surface area contributed by atoms with E-state index in [2.05, 4.69) is 41.8 Å². The smallest absolute Gasteiger partial charge is 0.238 e. The first kappa shape index (κ1) is 21.6. The van der Waals surface area contributed by atoms with Crippen LogP contribution in [0.5, 0.6) is 0 Å². The molecule has 0 aliphatic rings. The van der Waals surface area contributed by atoms with Crippen molar-refractivity contribution in [2.75, 3.05) is 31.3 Å². The maximum absolute atomic E-state index is 12.4. The molecule has 5 heteroatoms. The topological polar surface area (TPSA) is 61.4 Å². The van der Waals surface area contributed by atoms with E-state index in [-0.39, 0.29) is 18.4 Å². The number of nitrogens with one attached hydrogen (secondary N) is 2. The summed E-state index contributed by atoms with van der Waals surface area (Å²) in [6.45, 7) is 4.39. The van der Waals surface area contributed by atoms with Gasteiger partial charge in [0.05, 0.1) is 17.9 Å². The predicted molar refractivity (Wildman–Crippen MR) is 116 cm³/mol. The Bertz CT molecular complexity index is 798. The van der Waals surface area contributed by atoms with Crippen LogP contribution in [0.2, 0.25) is 0 Å². The molecule has 2 N–H and O–H groups in total. The lowest BCUT2D eigenvalue weighted by molar-refractivity contribution is -0.117. The average molecular weight is 382 g/mol. The van der Waals surface area contributed by atoms with Crippen molar-refractivity contribution in [3.05, 3.63) is 59.2 Å². The van der Waals surface area contributed by atoms with E-state index >= 15 is 0 Å². The molecule has 0 aliphatic heterocycles. The monoisotopic (exact) mass is 381 g/mol. The molecule has 0 heterocycles. The van der Waals surface area contributed by atoms with Crippen molar-refractivity contribution in [1.82, 2.24) is 4.90 Å². The second kappa shape index (κ2) is 10.6. The van der Waals surface area contributed by atoms with Gasteiger partial charge in [-0.05, 0) is 69.1 Å². The zero-order chi connectivity index (χ0) is 20.5. The van der Waals surface area contributed by atoms with Gasteiger partial charge in [0.2, 0.25) is 11.8 Å². The van der Waals surface area contributed by atoms with Crippen LogP contribution in [0.4, 0.5) is 11.4 Å². The number of nitrogens with zero attached hydrogens (tertiary/aromatic N) is 1. The molecule has 0 fully saturated rings. The summed E-state index contributed by atoms with van der Waals surface area (Å²) in [6, 6.07) is 14.2. The summed E-state index contributed by atoms with van der Waals surface area (Å²) in [6.07, 6.45) is 3.13. The lowest BCUT2D eigenvalue weighted by atomic mass is 10.0. The molecule has 0 aromatic heterocycles. The van der Waals surface area contributed by atoms with Gasteiger partial charge in [-0.2, -0.15) is 0 Å². The van der Waals surface area contributed by atoms with E-state index in [0.717, 1.165) is 24.8 Å². The van der Waals surface area contributed by atoms with Gasteiger partial charge in [0, 0.05) is 6.42 Å². The number of likely N-dealkylation sites (N-methyl/N-ethyl adjacent to an activating group) is 1. The van der Waals surface area contributed by atoms with Gasteiger partial charge < -0.3 is 15.5 Å². The highest BCUT2D eigenvalue weighted by Gasteiger charge is 2.11. The summed E-state index contributed by atoms with van der Waals surface area (Å²) in [7, 11) is 3.68. The minimum atomic E-state index is -0.111. The van der Waals surface area contributed by atoms with Crippen molar-refractivity contribution in [3.63, 3.8) is 0 Å². The summed E-state index contributed by atoms with van der Waals surface area (Å²) in [4.78, 5) is 26.3. The maximum Gasteiger partial charge on any atom is 0.238 e. The highest BCUT2D eigenvalue weighted by Crippen LogP contribution is 2.23. The van der Waals surface area contributed by atoms with E-state index in [0.29, 0.717) is 17.8 Å². The minimum absolute atomic E-state index is 0.0427. The number of amides is 2. The van der Waals surface area contributed by atoms with Gasteiger partial charge in [0.1, 0.15) is 0 Å². The van der Waals surface area contributed by atoms with Crippen LogP contribution in [0, 0.1) is 6.92 Å². The first-order valence-corrected chi connectivity index (χ1v) is 9.80. The first-order valence-electron chi connectivity index (χ1n) is 9.80. The summed E-state index contributed by atoms with van der Waals surface area (Å²) in [5, 5.41) is 5.82. The van der Waals surface area contributed by atoms with Gasteiger partial charge in [0.25, 0.3) is 0 Å². The van der Waals surface area contributed by atoms with E-state index in [1.807, 2.05) is 39.2 Å². The number of benzene rings is 2. The van der Waals surface area contributed by atoms with Crippen LogP contribution < -0.4 is 10.6 Å². The number of rotatable bonds is 9. The molecule has 2 aromatic carbocycles. The number of hydrogen-bond donors (Lipinski definition) is 2. The molecule has 0 aliphatic carbocycles. The van der Waals surface area contributed by atoms with Crippen molar-refractivity contribution in [2.45, 2.75) is 39.5 Å². The lowest BCUT2D eigenvalue weighted by Crippen LogP contribution is -2.27. The molecule has 0 saturated carbocycles. The molecule has 0 atom stereocenters. The van der Waals surface area contributed by atoms with E-state index in [9.17, 15) is 9.59 Å².